The highest BCUT2D eigenvalue weighted by Crippen LogP contribution is 2.41. The topological polar surface area (TPSA) is 88.5 Å². The molecule has 1 amide bonds. The maximum absolute atomic E-state index is 13.2. The van der Waals surface area contributed by atoms with Crippen molar-refractivity contribution in [3.63, 3.8) is 0 Å². The van der Waals surface area contributed by atoms with Gasteiger partial charge in [-0.05, 0) is 49.0 Å². The normalized spacial score (nSPS) is 18.9. The number of aliphatic hydroxyl groups is 1. The predicted octanol–water partition coefficient (Wildman–Crippen LogP) is 3.19. The van der Waals surface area contributed by atoms with E-state index in [0.29, 0.717) is 41.5 Å². The maximum atomic E-state index is 13.2. The highest BCUT2D eigenvalue weighted by Gasteiger charge is 2.46. The molecule has 1 saturated heterocycles. The predicted molar refractivity (Wildman–Crippen MR) is 122 cm³/mol. The van der Waals surface area contributed by atoms with Crippen molar-refractivity contribution >= 4 is 17.4 Å². The first-order chi connectivity index (χ1) is 16.0. The van der Waals surface area contributed by atoms with Gasteiger partial charge in [0.05, 0.1) is 18.7 Å². The molecule has 0 bridgehead atoms. The van der Waals surface area contributed by atoms with Crippen LogP contribution >= 0.6 is 0 Å². The summed E-state index contributed by atoms with van der Waals surface area (Å²) < 4.78 is 16.1. The molecule has 1 fully saturated rings. The zero-order chi connectivity index (χ0) is 23.5. The highest BCUT2D eigenvalue weighted by molar-refractivity contribution is 6.46. The molecule has 0 spiro atoms. The largest absolute Gasteiger partial charge is 0.507 e. The molecule has 2 aliphatic heterocycles. The van der Waals surface area contributed by atoms with E-state index >= 15 is 0 Å². The number of carbonyl (C=O) groups excluding carboxylic acids is 2. The van der Waals surface area contributed by atoms with E-state index in [2.05, 4.69) is 18.7 Å². The number of hydrogen-bond donors (Lipinski definition) is 1. The first-order valence-electron chi connectivity index (χ1n) is 11.0. The lowest BCUT2D eigenvalue weighted by Crippen LogP contribution is -2.38. The number of fused-ring (bicyclic) bond motifs is 1. The van der Waals surface area contributed by atoms with Gasteiger partial charge in [0, 0.05) is 18.7 Å². The van der Waals surface area contributed by atoms with Crippen molar-refractivity contribution < 1.29 is 28.9 Å². The number of likely N-dealkylation sites (N-methyl/N-ethyl adjacent to an activating group) is 1. The average Bonchev–Trinajstić information content (AvgIpc) is 3.41. The quantitative estimate of drug-likeness (QED) is 0.374. The lowest BCUT2D eigenvalue weighted by atomic mass is 9.95. The summed E-state index contributed by atoms with van der Waals surface area (Å²) >= 11 is 0. The third-order valence-corrected chi connectivity index (χ3v) is 6.15. The molecule has 2 aromatic carbocycles. The van der Waals surface area contributed by atoms with Crippen molar-refractivity contribution in [2.45, 2.75) is 19.9 Å². The Balaban J connectivity index is 1.80. The maximum Gasteiger partial charge on any atom is 0.295 e. The summed E-state index contributed by atoms with van der Waals surface area (Å²) in [6.45, 7) is 6.84. The fourth-order valence-corrected chi connectivity index (χ4v) is 4.26. The monoisotopic (exact) mass is 452 g/mol. The first-order valence-corrected chi connectivity index (χ1v) is 11.0. The summed E-state index contributed by atoms with van der Waals surface area (Å²) in [7, 11) is 1.56. The minimum absolute atomic E-state index is 0.0478. The summed E-state index contributed by atoms with van der Waals surface area (Å²) in [6.07, 6.45) is 0. The average molecular weight is 453 g/mol. The number of carbonyl (C=O) groups is 2. The smallest absolute Gasteiger partial charge is 0.295 e. The molecule has 4 rings (SSSR count). The molecule has 33 heavy (non-hydrogen) atoms. The van der Waals surface area contributed by atoms with Crippen LogP contribution in [-0.2, 0) is 9.59 Å². The summed E-state index contributed by atoms with van der Waals surface area (Å²) in [6, 6.07) is 11.4. The number of methoxy groups -OCH3 is 1. The van der Waals surface area contributed by atoms with Gasteiger partial charge in [0.2, 0.25) is 6.79 Å². The van der Waals surface area contributed by atoms with Gasteiger partial charge in [-0.2, -0.15) is 0 Å². The number of aliphatic hydroxyl groups excluding tert-OH is 1. The van der Waals surface area contributed by atoms with Gasteiger partial charge in [-0.25, -0.2) is 0 Å². The molecule has 0 radical (unpaired) electrons. The minimum atomic E-state index is -0.735. The van der Waals surface area contributed by atoms with Gasteiger partial charge in [-0.1, -0.05) is 26.0 Å². The van der Waals surface area contributed by atoms with Gasteiger partial charge in [-0.15, -0.1) is 0 Å². The second-order valence-electron chi connectivity index (χ2n) is 7.86. The minimum Gasteiger partial charge on any atom is -0.507 e. The van der Waals surface area contributed by atoms with Crippen molar-refractivity contribution in [2.75, 3.05) is 40.1 Å². The molecule has 1 atom stereocenters. The van der Waals surface area contributed by atoms with Crippen LogP contribution < -0.4 is 14.2 Å². The molecule has 0 aliphatic carbocycles. The Labute approximate surface area is 193 Å². The summed E-state index contributed by atoms with van der Waals surface area (Å²) in [5.74, 6) is 0.0628. The number of Topliss-reactive ketones (excluding diaryl/α,β-unsaturated/α-hetero) is 1. The number of nitrogens with zero attached hydrogens (tertiary/aromatic N) is 2. The molecular formula is C25H28N2O6. The number of ether oxygens (including phenoxy) is 3. The summed E-state index contributed by atoms with van der Waals surface area (Å²) in [5.41, 5.74) is 1.12. The second-order valence-corrected chi connectivity index (χ2v) is 7.86. The standard InChI is InChI=1S/C25H28N2O6/c1-4-26(5-2)11-12-27-22(16-7-6-8-18(13-16)31-3)21(24(29)25(27)30)23(28)17-9-10-19-20(14-17)33-15-32-19/h6-10,13-14,22,28H,4-5,11-12,15H2,1-3H3. The van der Waals surface area contributed by atoms with Crippen LogP contribution in [0.1, 0.15) is 31.0 Å². The third-order valence-electron chi connectivity index (χ3n) is 6.15. The van der Waals surface area contributed by atoms with Crippen LogP contribution in [0.15, 0.2) is 48.0 Å². The Morgan fingerprint density at radius 1 is 1.12 bits per heavy atom. The van der Waals surface area contributed by atoms with Crippen molar-refractivity contribution in [1.82, 2.24) is 9.80 Å². The Kier molecular flexibility index (Phi) is 6.55. The molecule has 2 aromatic rings. The lowest BCUT2D eigenvalue weighted by Gasteiger charge is -2.28. The fourth-order valence-electron chi connectivity index (χ4n) is 4.26. The van der Waals surface area contributed by atoms with E-state index in [1.807, 2.05) is 6.07 Å². The van der Waals surface area contributed by atoms with Crippen LogP contribution in [0, 0.1) is 0 Å². The van der Waals surface area contributed by atoms with Gasteiger partial charge in [0.25, 0.3) is 11.7 Å². The molecular weight excluding hydrogens is 424 g/mol. The number of ketones is 1. The molecule has 8 nitrogen and oxygen atoms in total. The van der Waals surface area contributed by atoms with E-state index in [4.69, 9.17) is 14.2 Å². The number of amides is 1. The number of hydrogen-bond acceptors (Lipinski definition) is 7. The van der Waals surface area contributed by atoms with Crippen molar-refractivity contribution in [3.05, 3.63) is 59.2 Å². The SMILES string of the molecule is CCN(CC)CCN1C(=O)C(=O)C(=C(O)c2ccc3c(c2)OCO3)C1c1cccc(OC)c1. The molecule has 0 saturated carbocycles. The Bertz CT molecular complexity index is 1090. The van der Waals surface area contributed by atoms with Crippen LogP contribution in [-0.4, -0.2) is 66.7 Å². The van der Waals surface area contributed by atoms with Crippen molar-refractivity contribution in [1.29, 1.82) is 0 Å². The van der Waals surface area contributed by atoms with Crippen LogP contribution in [0.2, 0.25) is 0 Å². The fraction of sp³-hybridized carbons (Fsp3) is 0.360. The van der Waals surface area contributed by atoms with Crippen molar-refractivity contribution in [2.24, 2.45) is 0 Å². The first kappa shape index (κ1) is 22.7. The van der Waals surface area contributed by atoms with Crippen LogP contribution in [0.3, 0.4) is 0 Å². The van der Waals surface area contributed by atoms with Gasteiger partial charge < -0.3 is 29.1 Å². The van der Waals surface area contributed by atoms with Gasteiger partial charge in [0.1, 0.15) is 11.5 Å². The van der Waals surface area contributed by atoms with Crippen LogP contribution in [0.25, 0.3) is 5.76 Å². The van der Waals surface area contributed by atoms with Crippen molar-refractivity contribution in [3.8, 4) is 17.2 Å². The van der Waals surface area contributed by atoms with Crippen LogP contribution in [0.4, 0.5) is 0 Å². The third kappa shape index (κ3) is 4.26. The number of rotatable bonds is 8. The summed E-state index contributed by atoms with van der Waals surface area (Å²) in [5, 5.41) is 11.2. The second kappa shape index (κ2) is 9.54. The van der Waals surface area contributed by atoms with E-state index < -0.39 is 17.7 Å². The summed E-state index contributed by atoms with van der Waals surface area (Å²) in [4.78, 5) is 30.0. The number of benzene rings is 2. The lowest BCUT2D eigenvalue weighted by molar-refractivity contribution is -0.140. The van der Waals surface area contributed by atoms with Gasteiger partial charge in [0.15, 0.2) is 11.5 Å². The van der Waals surface area contributed by atoms with E-state index in [1.54, 1.807) is 43.5 Å². The molecule has 0 aromatic heterocycles. The van der Waals surface area contributed by atoms with Gasteiger partial charge in [-0.3, -0.25) is 9.59 Å². The molecule has 1 unspecified atom stereocenters. The number of likely N-dealkylation sites (tertiary alicyclic amines) is 1. The Morgan fingerprint density at radius 3 is 2.61 bits per heavy atom. The molecule has 174 valence electrons. The Morgan fingerprint density at radius 2 is 1.88 bits per heavy atom. The Hall–Kier alpha value is -3.52. The van der Waals surface area contributed by atoms with E-state index in [-0.39, 0.29) is 18.1 Å². The molecule has 2 heterocycles. The molecule has 1 N–H and O–H groups in total. The molecule has 2 aliphatic rings. The zero-order valence-corrected chi connectivity index (χ0v) is 19.0. The van der Waals surface area contributed by atoms with E-state index in [1.165, 1.54) is 4.90 Å². The van der Waals surface area contributed by atoms with Gasteiger partial charge >= 0.3 is 0 Å². The molecule has 8 heteroatoms. The van der Waals surface area contributed by atoms with Crippen LogP contribution in [0.5, 0.6) is 17.2 Å². The van der Waals surface area contributed by atoms with E-state index in [9.17, 15) is 14.7 Å². The highest BCUT2D eigenvalue weighted by atomic mass is 16.7. The zero-order valence-electron chi connectivity index (χ0n) is 19.0. The van der Waals surface area contributed by atoms with E-state index in [0.717, 1.165) is 13.1 Å².